The molecule has 0 radical (unpaired) electrons. The van der Waals surface area contributed by atoms with Crippen LogP contribution in [0.4, 0.5) is 0 Å². The smallest absolute Gasteiger partial charge is 0.0710 e. The Balaban J connectivity index is 1.71. The number of hydrogen-bond acceptors (Lipinski definition) is 3. The number of aromatic amines is 1. The average Bonchev–Trinajstić information content (AvgIpc) is 3.03. The third-order valence-electron chi connectivity index (χ3n) is 3.57. The first kappa shape index (κ1) is 13.5. The van der Waals surface area contributed by atoms with Gasteiger partial charge in [0.1, 0.15) is 0 Å². The van der Waals surface area contributed by atoms with E-state index in [0.29, 0.717) is 6.04 Å². The van der Waals surface area contributed by atoms with E-state index in [1.54, 1.807) is 6.20 Å². The van der Waals surface area contributed by atoms with Crippen molar-refractivity contribution in [3.63, 3.8) is 0 Å². The molecule has 3 rings (SSSR count). The van der Waals surface area contributed by atoms with Crippen LogP contribution in [-0.4, -0.2) is 15.2 Å². The predicted molar refractivity (Wildman–Crippen MR) is 83.5 cm³/mol. The number of rotatable bonds is 5. The fourth-order valence-corrected chi connectivity index (χ4v) is 2.33. The van der Waals surface area contributed by atoms with Gasteiger partial charge in [-0.05, 0) is 24.6 Å². The summed E-state index contributed by atoms with van der Waals surface area (Å²) in [4.78, 5) is 4.16. The molecule has 0 aliphatic heterocycles. The molecule has 21 heavy (non-hydrogen) atoms. The van der Waals surface area contributed by atoms with Crippen LogP contribution in [0.15, 0.2) is 61.1 Å². The standard InChI is InChI=1S/C17H18N4/c1-13(14-6-3-2-4-7-14)19-11-16-12-20-21-17(16)15-8-5-9-18-10-15/h2-10,12-13,19H,11H2,1H3,(H,20,21)/t13-/m1/s1. The van der Waals surface area contributed by atoms with Crippen LogP contribution in [0.3, 0.4) is 0 Å². The van der Waals surface area contributed by atoms with Crippen molar-refractivity contribution < 1.29 is 0 Å². The van der Waals surface area contributed by atoms with E-state index >= 15 is 0 Å². The first-order chi connectivity index (χ1) is 10.3. The number of benzene rings is 1. The minimum Gasteiger partial charge on any atom is -0.306 e. The van der Waals surface area contributed by atoms with Crippen molar-refractivity contribution >= 4 is 0 Å². The Morgan fingerprint density at radius 3 is 2.71 bits per heavy atom. The quantitative estimate of drug-likeness (QED) is 0.752. The molecule has 0 unspecified atom stereocenters. The Hall–Kier alpha value is -2.46. The highest BCUT2D eigenvalue weighted by Crippen LogP contribution is 2.20. The van der Waals surface area contributed by atoms with Crippen molar-refractivity contribution in [1.29, 1.82) is 0 Å². The number of hydrogen-bond donors (Lipinski definition) is 2. The van der Waals surface area contributed by atoms with Crippen LogP contribution in [0.2, 0.25) is 0 Å². The van der Waals surface area contributed by atoms with E-state index in [2.05, 4.69) is 51.7 Å². The summed E-state index contributed by atoms with van der Waals surface area (Å²) in [7, 11) is 0. The fraction of sp³-hybridized carbons (Fsp3) is 0.176. The highest BCUT2D eigenvalue weighted by atomic mass is 15.1. The number of H-pyrrole nitrogens is 1. The third-order valence-corrected chi connectivity index (χ3v) is 3.57. The summed E-state index contributed by atoms with van der Waals surface area (Å²) < 4.78 is 0. The molecule has 2 heterocycles. The van der Waals surface area contributed by atoms with Crippen molar-refractivity contribution in [3.05, 3.63) is 72.2 Å². The molecular formula is C17H18N4. The Kier molecular flexibility index (Phi) is 4.07. The summed E-state index contributed by atoms with van der Waals surface area (Å²) in [6.45, 7) is 2.93. The Bertz CT molecular complexity index is 676. The second-order valence-corrected chi connectivity index (χ2v) is 5.03. The first-order valence-corrected chi connectivity index (χ1v) is 7.05. The molecule has 2 aromatic heterocycles. The van der Waals surface area contributed by atoms with Crippen molar-refractivity contribution in [2.24, 2.45) is 0 Å². The van der Waals surface area contributed by atoms with E-state index in [4.69, 9.17) is 0 Å². The number of pyridine rings is 1. The molecule has 0 fully saturated rings. The lowest BCUT2D eigenvalue weighted by Crippen LogP contribution is -2.18. The van der Waals surface area contributed by atoms with E-state index in [1.165, 1.54) is 5.56 Å². The maximum absolute atomic E-state index is 4.16. The van der Waals surface area contributed by atoms with Crippen LogP contribution in [0.25, 0.3) is 11.3 Å². The molecule has 0 amide bonds. The molecule has 2 N–H and O–H groups in total. The Morgan fingerprint density at radius 2 is 1.95 bits per heavy atom. The van der Waals surface area contributed by atoms with Crippen LogP contribution in [0.1, 0.15) is 24.1 Å². The lowest BCUT2D eigenvalue weighted by Gasteiger charge is -2.14. The average molecular weight is 278 g/mol. The molecule has 4 nitrogen and oxygen atoms in total. The summed E-state index contributed by atoms with van der Waals surface area (Å²) in [6.07, 6.45) is 5.49. The highest BCUT2D eigenvalue weighted by molar-refractivity contribution is 5.61. The first-order valence-electron chi connectivity index (χ1n) is 7.05. The van der Waals surface area contributed by atoms with Crippen molar-refractivity contribution in [3.8, 4) is 11.3 Å². The number of nitrogens with one attached hydrogen (secondary N) is 2. The van der Waals surface area contributed by atoms with E-state index in [9.17, 15) is 0 Å². The molecular weight excluding hydrogens is 260 g/mol. The van der Waals surface area contributed by atoms with Gasteiger partial charge in [-0.25, -0.2) is 0 Å². The van der Waals surface area contributed by atoms with Gasteiger partial charge in [-0.3, -0.25) is 10.1 Å². The molecule has 0 aliphatic carbocycles. The summed E-state index contributed by atoms with van der Waals surface area (Å²) in [5, 5.41) is 10.7. The monoisotopic (exact) mass is 278 g/mol. The van der Waals surface area contributed by atoms with Gasteiger partial charge in [0, 0.05) is 36.1 Å². The van der Waals surface area contributed by atoms with Gasteiger partial charge in [0.2, 0.25) is 0 Å². The maximum atomic E-state index is 4.16. The van der Waals surface area contributed by atoms with Crippen LogP contribution in [0, 0.1) is 0 Å². The zero-order valence-electron chi connectivity index (χ0n) is 12.0. The molecule has 0 spiro atoms. The van der Waals surface area contributed by atoms with E-state index < -0.39 is 0 Å². The Labute approximate surface area is 124 Å². The molecule has 0 aliphatic rings. The normalized spacial score (nSPS) is 12.2. The lowest BCUT2D eigenvalue weighted by molar-refractivity contribution is 0.575. The van der Waals surface area contributed by atoms with Gasteiger partial charge in [-0.2, -0.15) is 5.10 Å². The summed E-state index contributed by atoms with van der Waals surface area (Å²) in [6, 6.07) is 14.7. The van der Waals surface area contributed by atoms with E-state index in [0.717, 1.165) is 23.4 Å². The summed E-state index contributed by atoms with van der Waals surface area (Å²) in [5.41, 5.74) is 4.50. The van der Waals surface area contributed by atoms with Crippen molar-refractivity contribution in [2.75, 3.05) is 0 Å². The predicted octanol–water partition coefficient (Wildman–Crippen LogP) is 3.32. The minimum absolute atomic E-state index is 0.294. The van der Waals surface area contributed by atoms with E-state index in [1.807, 2.05) is 30.6 Å². The molecule has 1 atom stereocenters. The molecule has 1 aromatic carbocycles. The van der Waals surface area contributed by atoms with Gasteiger partial charge in [0.15, 0.2) is 0 Å². The maximum Gasteiger partial charge on any atom is 0.0710 e. The van der Waals surface area contributed by atoms with Crippen molar-refractivity contribution in [2.45, 2.75) is 19.5 Å². The third kappa shape index (κ3) is 3.17. The van der Waals surface area contributed by atoms with E-state index in [-0.39, 0.29) is 0 Å². The molecule has 0 saturated heterocycles. The van der Waals surface area contributed by atoms with Crippen molar-refractivity contribution in [1.82, 2.24) is 20.5 Å². The lowest BCUT2D eigenvalue weighted by atomic mass is 10.1. The van der Waals surface area contributed by atoms with Crippen LogP contribution >= 0.6 is 0 Å². The molecule has 4 heteroatoms. The van der Waals surface area contributed by atoms with Crippen LogP contribution in [-0.2, 0) is 6.54 Å². The molecule has 0 saturated carbocycles. The number of aromatic nitrogens is 3. The van der Waals surface area contributed by atoms with Gasteiger partial charge in [-0.1, -0.05) is 30.3 Å². The second kappa shape index (κ2) is 6.33. The topological polar surface area (TPSA) is 53.6 Å². The summed E-state index contributed by atoms with van der Waals surface area (Å²) in [5.74, 6) is 0. The largest absolute Gasteiger partial charge is 0.306 e. The molecule has 3 aromatic rings. The Morgan fingerprint density at radius 1 is 1.10 bits per heavy atom. The van der Waals surface area contributed by atoms with Gasteiger partial charge in [0.25, 0.3) is 0 Å². The van der Waals surface area contributed by atoms with Gasteiger partial charge < -0.3 is 5.32 Å². The van der Waals surface area contributed by atoms with Gasteiger partial charge in [-0.15, -0.1) is 0 Å². The highest BCUT2D eigenvalue weighted by Gasteiger charge is 2.10. The van der Waals surface area contributed by atoms with Gasteiger partial charge >= 0.3 is 0 Å². The molecule has 0 bridgehead atoms. The summed E-state index contributed by atoms with van der Waals surface area (Å²) >= 11 is 0. The SMILES string of the molecule is C[C@@H](NCc1cn[nH]c1-c1cccnc1)c1ccccc1. The van der Waals surface area contributed by atoms with Crippen LogP contribution in [0.5, 0.6) is 0 Å². The van der Waals surface area contributed by atoms with Gasteiger partial charge in [0.05, 0.1) is 11.9 Å². The zero-order valence-corrected chi connectivity index (χ0v) is 12.0. The zero-order chi connectivity index (χ0) is 14.5. The minimum atomic E-state index is 0.294. The van der Waals surface area contributed by atoms with Crippen LogP contribution < -0.4 is 5.32 Å². The second-order valence-electron chi connectivity index (χ2n) is 5.03. The fourth-order valence-electron chi connectivity index (χ4n) is 2.33. The number of nitrogens with zero attached hydrogens (tertiary/aromatic N) is 2. The molecule has 106 valence electrons.